The van der Waals surface area contributed by atoms with Crippen LogP contribution < -0.4 is 4.74 Å². The van der Waals surface area contributed by atoms with Crippen molar-refractivity contribution in [2.75, 3.05) is 26.2 Å². The molecule has 2 aromatic rings. The summed E-state index contributed by atoms with van der Waals surface area (Å²) in [5.41, 5.74) is 0.477. The van der Waals surface area contributed by atoms with Gasteiger partial charge in [-0.15, -0.1) is 5.10 Å². The summed E-state index contributed by atoms with van der Waals surface area (Å²) in [5.74, 6) is 0.325. The molecule has 1 amide bonds. The second kappa shape index (κ2) is 8.46. The molecule has 8 nitrogen and oxygen atoms in total. The molecule has 1 atom stereocenters. The smallest absolute Gasteiger partial charge is 0.253 e. The van der Waals surface area contributed by atoms with Gasteiger partial charge in [-0.25, -0.2) is 8.42 Å². The number of carbonyl (C=O) groups is 1. The third kappa shape index (κ3) is 4.40. The number of rotatable bonds is 5. The summed E-state index contributed by atoms with van der Waals surface area (Å²) in [4.78, 5) is 14.9. The maximum Gasteiger partial charge on any atom is 0.253 e. The van der Waals surface area contributed by atoms with Crippen LogP contribution in [0.3, 0.4) is 0 Å². The van der Waals surface area contributed by atoms with E-state index in [1.807, 2.05) is 0 Å². The molecule has 1 unspecified atom stereocenters. The van der Waals surface area contributed by atoms with Gasteiger partial charge in [-0.05, 0) is 56.0 Å². The Morgan fingerprint density at radius 3 is 2.48 bits per heavy atom. The highest BCUT2D eigenvalue weighted by Crippen LogP contribution is 2.22. The maximum atomic E-state index is 12.9. The second-order valence-corrected chi connectivity index (χ2v) is 9.27. The fourth-order valence-corrected chi connectivity index (χ4v) is 5.29. The van der Waals surface area contributed by atoms with Crippen molar-refractivity contribution in [3.05, 3.63) is 48.2 Å². The van der Waals surface area contributed by atoms with Crippen LogP contribution in [0.25, 0.3) is 0 Å². The van der Waals surface area contributed by atoms with Crippen molar-refractivity contribution in [1.82, 2.24) is 19.4 Å². The van der Waals surface area contributed by atoms with Gasteiger partial charge in [0.2, 0.25) is 15.9 Å². The van der Waals surface area contributed by atoms with Gasteiger partial charge in [0, 0.05) is 37.5 Å². The minimum Gasteiger partial charge on any atom is -0.471 e. The average molecular weight is 417 g/mol. The molecule has 2 aliphatic heterocycles. The van der Waals surface area contributed by atoms with Crippen LogP contribution in [0.15, 0.2) is 47.5 Å². The summed E-state index contributed by atoms with van der Waals surface area (Å²) in [7, 11) is -3.47. The molecular weight excluding hydrogens is 392 g/mol. The van der Waals surface area contributed by atoms with Crippen molar-refractivity contribution in [2.24, 2.45) is 0 Å². The van der Waals surface area contributed by atoms with E-state index in [-0.39, 0.29) is 16.9 Å². The molecule has 154 valence electrons. The number of ether oxygens (including phenoxy) is 1. The number of sulfonamides is 1. The van der Waals surface area contributed by atoms with Crippen molar-refractivity contribution in [3.8, 4) is 5.88 Å². The van der Waals surface area contributed by atoms with Gasteiger partial charge in [-0.3, -0.25) is 4.79 Å². The number of nitrogens with zero attached hydrogens (tertiary/aromatic N) is 4. The molecule has 3 heterocycles. The Morgan fingerprint density at radius 1 is 1.03 bits per heavy atom. The number of amides is 1. The molecule has 0 saturated carbocycles. The first-order valence-corrected chi connectivity index (χ1v) is 11.3. The molecule has 4 rings (SSSR count). The highest BCUT2D eigenvalue weighted by Gasteiger charge is 2.29. The quantitative estimate of drug-likeness (QED) is 0.740. The number of aromatic nitrogens is 2. The summed E-state index contributed by atoms with van der Waals surface area (Å²) in [6, 6.07) is 9.74. The van der Waals surface area contributed by atoms with Gasteiger partial charge < -0.3 is 9.64 Å². The fourth-order valence-electron chi connectivity index (χ4n) is 3.77. The number of carbonyl (C=O) groups excluding carboxylic acids is 1. The lowest BCUT2D eigenvalue weighted by Gasteiger charge is -2.32. The zero-order valence-electron chi connectivity index (χ0n) is 16.1. The Bertz CT molecular complexity index is 944. The van der Waals surface area contributed by atoms with Gasteiger partial charge in [0.05, 0.1) is 11.4 Å². The van der Waals surface area contributed by atoms with Crippen molar-refractivity contribution in [2.45, 2.75) is 36.7 Å². The average Bonchev–Trinajstić information content (AvgIpc) is 3.30. The molecule has 2 fully saturated rings. The van der Waals surface area contributed by atoms with Crippen LogP contribution in [-0.4, -0.2) is 66.0 Å². The first-order valence-electron chi connectivity index (χ1n) is 9.88. The minimum absolute atomic E-state index is 0.123. The topological polar surface area (TPSA) is 92.7 Å². The molecule has 0 radical (unpaired) electrons. The van der Waals surface area contributed by atoms with Gasteiger partial charge in [-0.1, -0.05) is 0 Å². The normalized spacial score (nSPS) is 20.6. The van der Waals surface area contributed by atoms with E-state index in [9.17, 15) is 13.2 Å². The van der Waals surface area contributed by atoms with E-state index in [4.69, 9.17) is 4.74 Å². The van der Waals surface area contributed by atoms with E-state index < -0.39 is 10.0 Å². The van der Waals surface area contributed by atoms with Crippen LogP contribution in [0.2, 0.25) is 0 Å². The van der Waals surface area contributed by atoms with Gasteiger partial charge in [0.15, 0.2) is 0 Å². The molecule has 2 aliphatic rings. The Balaban J connectivity index is 1.42. The van der Waals surface area contributed by atoms with Crippen LogP contribution in [-0.2, 0) is 10.0 Å². The SMILES string of the molecule is O=C(c1ccc(S(=O)(=O)N2CCCC2)cc1)N1CCCC(Oc2cccnn2)C1. The van der Waals surface area contributed by atoms with Crippen molar-refractivity contribution in [3.63, 3.8) is 0 Å². The Kier molecular flexibility index (Phi) is 5.77. The van der Waals surface area contributed by atoms with Crippen LogP contribution in [0.5, 0.6) is 5.88 Å². The van der Waals surface area contributed by atoms with Gasteiger partial charge in [-0.2, -0.15) is 9.40 Å². The van der Waals surface area contributed by atoms with E-state index >= 15 is 0 Å². The standard InChI is InChI=1S/C20H24N4O4S/c25-20(23-12-4-5-17(15-23)28-19-6-3-11-21-22-19)16-7-9-18(10-8-16)29(26,27)24-13-1-2-14-24/h3,6-11,17H,1-2,4-5,12-15H2. The van der Waals surface area contributed by atoms with E-state index in [0.29, 0.717) is 37.6 Å². The van der Waals surface area contributed by atoms with Gasteiger partial charge in [0.25, 0.3) is 5.91 Å². The summed E-state index contributed by atoms with van der Waals surface area (Å²) in [6.45, 7) is 2.23. The zero-order chi connectivity index (χ0) is 20.3. The molecule has 2 saturated heterocycles. The molecule has 0 spiro atoms. The minimum atomic E-state index is -3.47. The summed E-state index contributed by atoms with van der Waals surface area (Å²) < 4.78 is 32.6. The summed E-state index contributed by atoms with van der Waals surface area (Å²) in [6.07, 6.45) is 4.90. The predicted molar refractivity (Wildman–Crippen MR) is 106 cm³/mol. The van der Waals surface area contributed by atoms with E-state index in [0.717, 1.165) is 25.7 Å². The third-order valence-corrected chi connectivity index (χ3v) is 7.22. The molecule has 9 heteroatoms. The zero-order valence-corrected chi connectivity index (χ0v) is 16.9. The first-order chi connectivity index (χ1) is 14.0. The number of piperidine rings is 1. The molecular formula is C20H24N4O4S. The molecule has 0 aliphatic carbocycles. The third-order valence-electron chi connectivity index (χ3n) is 5.30. The number of likely N-dealkylation sites (tertiary alicyclic amines) is 1. The van der Waals surface area contributed by atoms with Crippen molar-refractivity contribution in [1.29, 1.82) is 0 Å². The highest BCUT2D eigenvalue weighted by atomic mass is 32.2. The lowest BCUT2D eigenvalue weighted by molar-refractivity contribution is 0.0525. The number of hydrogen-bond acceptors (Lipinski definition) is 6. The second-order valence-electron chi connectivity index (χ2n) is 7.33. The Morgan fingerprint density at radius 2 is 1.79 bits per heavy atom. The van der Waals surface area contributed by atoms with Crippen molar-refractivity contribution < 1.29 is 17.9 Å². The van der Waals surface area contributed by atoms with E-state index in [1.54, 1.807) is 35.4 Å². The van der Waals surface area contributed by atoms with Crippen LogP contribution in [0.1, 0.15) is 36.0 Å². The molecule has 29 heavy (non-hydrogen) atoms. The first kappa shape index (κ1) is 19.8. The largest absolute Gasteiger partial charge is 0.471 e. The predicted octanol–water partition coefficient (Wildman–Crippen LogP) is 1.94. The number of benzene rings is 1. The fraction of sp³-hybridized carbons (Fsp3) is 0.450. The Labute approximate surface area is 170 Å². The van der Waals surface area contributed by atoms with E-state index in [1.165, 1.54) is 16.4 Å². The van der Waals surface area contributed by atoms with Gasteiger partial charge >= 0.3 is 0 Å². The number of hydrogen-bond donors (Lipinski definition) is 0. The highest BCUT2D eigenvalue weighted by molar-refractivity contribution is 7.89. The molecule has 1 aromatic carbocycles. The van der Waals surface area contributed by atoms with Crippen LogP contribution >= 0.6 is 0 Å². The lowest BCUT2D eigenvalue weighted by atomic mass is 10.1. The molecule has 0 N–H and O–H groups in total. The van der Waals surface area contributed by atoms with Crippen molar-refractivity contribution >= 4 is 15.9 Å². The van der Waals surface area contributed by atoms with E-state index in [2.05, 4.69) is 10.2 Å². The monoisotopic (exact) mass is 416 g/mol. The lowest BCUT2D eigenvalue weighted by Crippen LogP contribution is -2.44. The van der Waals surface area contributed by atoms with Gasteiger partial charge in [0.1, 0.15) is 6.10 Å². The summed E-state index contributed by atoms with van der Waals surface area (Å²) in [5, 5.41) is 7.73. The molecule has 0 bridgehead atoms. The van der Waals surface area contributed by atoms with Crippen LogP contribution in [0, 0.1) is 0 Å². The maximum absolute atomic E-state index is 12.9. The van der Waals surface area contributed by atoms with Crippen LogP contribution in [0.4, 0.5) is 0 Å². The molecule has 1 aromatic heterocycles. The summed E-state index contributed by atoms with van der Waals surface area (Å²) >= 11 is 0. The Hall–Kier alpha value is -2.52.